The quantitative estimate of drug-likeness (QED) is 0.739. The van der Waals surface area contributed by atoms with Gasteiger partial charge in [-0.3, -0.25) is 0 Å². The molecule has 3 rings (SSSR count). The minimum absolute atomic E-state index is 0.252. The van der Waals surface area contributed by atoms with Gasteiger partial charge in [-0.25, -0.2) is 23.1 Å². The third-order valence-electron chi connectivity index (χ3n) is 3.89. The number of hydrogen-bond donors (Lipinski definition) is 1. The van der Waals surface area contributed by atoms with Crippen molar-refractivity contribution in [2.75, 3.05) is 0 Å². The molecular weight excluding hydrogens is 334 g/mol. The summed E-state index contributed by atoms with van der Waals surface area (Å²) in [5.74, 6) is 0. The zero-order valence-electron chi connectivity index (χ0n) is 13.8. The number of benzene rings is 2. The Hall–Kier alpha value is -2.57. The highest BCUT2D eigenvalue weighted by atomic mass is 32.2. The van der Waals surface area contributed by atoms with E-state index in [4.69, 9.17) is 0 Å². The number of aryl methyl sites for hydroxylation is 1. The molecule has 0 spiro atoms. The first-order valence-corrected chi connectivity index (χ1v) is 9.42. The van der Waals surface area contributed by atoms with Crippen molar-refractivity contribution in [3.05, 3.63) is 90.0 Å². The minimum Gasteiger partial charge on any atom is -0.245 e. The van der Waals surface area contributed by atoms with Gasteiger partial charge in [-0.05, 0) is 30.7 Å². The van der Waals surface area contributed by atoms with Gasteiger partial charge >= 0.3 is 0 Å². The third-order valence-corrected chi connectivity index (χ3v) is 5.37. The van der Waals surface area contributed by atoms with Crippen molar-refractivity contribution < 1.29 is 8.42 Å². The van der Waals surface area contributed by atoms with Crippen molar-refractivity contribution in [1.82, 2.24) is 14.7 Å². The maximum Gasteiger partial charge on any atom is 0.241 e. The summed E-state index contributed by atoms with van der Waals surface area (Å²) in [6, 6.07) is 17.7. The highest BCUT2D eigenvalue weighted by Crippen LogP contribution is 2.21. The van der Waals surface area contributed by atoms with Crippen molar-refractivity contribution >= 4 is 10.0 Å². The molecule has 5 nitrogen and oxygen atoms in total. The van der Waals surface area contributed by atoms with E-state index in [2.05, 4.69) is 14.7 Å². The molecule has 25 heavy (non-hydrogen) atoms. The predicted octanol–water partition coefficient (Wildman–Crippen LogP) is 3.05. The molecule has 1 aromatic heterocycles. The second-order valence-corrected chi connectivity index (χ2v) is 7.52. The van der Waals surface area contributed by atoms with Gasteiger partial charge in [0.15, 0.2) is 0 Å². The molecule has 0 amide bonds. The van der Waals surface area contributed by atoms with Crippen LogP contribution >= 0.6 is 0 Å². The SMILES string of the molecule is Cc1ccc(S(=O)(=O)NC(Cc2ccncn2)c2ccccc2)cc1. The van der Waals surface area contributed by atoms with E-state index >= 15 is 0 Å². The van der Waals surface area contributed by atoms with Crippen LogP contribution in [0.3, 0.4) is 0 Å². The lowest BCUT2D eigenvalue weighted by molar-refractivity contribution is 0.552. The summed E-state index contributed by atoms with van der Waals surface area (Å²) >= 11 is 0. The molecule has 0 aliphatic rings. The van der Waals surface area contributed by atoms with Crippen molar-refractivity contribution in [2.45, 2.75) is 24.3 Å². The summed E-state index contributed by atoms with van der Waals surface area (Å²) in [5, 5.41) is 0. The molecule has 1 unspecified atom stereocenters. The Morgan fingerprint density at radius 3 is 2.36 bits per heavy atom. The molecule has 3 aromatic rings. The van der Waals surface area contributed by atoms with E-state index in [1.165, 1.54) is 6.33 Å². The van der Waals surface area contributed by atoms with Gasteiger partial charge in [-0.1, -0.05) is 48.0 Å². The molecule has 0 saturated carbocycles. The zero-order chi connectivity index (χ0) is 17.7. The Labute approximate surface area is 147 Å². The van der Waals surface area contributed by atoms with Crippen LogP contribution < -0.4 is 4.72 Å². The molecule has 128 valence electrons. The lowest BCUT2D eigenvalue weighted by atomic mass is 10.0. The van der Waals surface area contributed by atoms with Gasteiger partial charge in [-0.2, -0.15) is 0 Å². The molecule has 0 aliphatic carbocycles. The van der Waals surface area contributed by atoms with Gasteiger partial charge in [0.2, 0.25) is 10.0 Å². The fraction of sp³-hybridized carbons (Fsp3) is 0.158. The van der Waals surface area contributed by atoms with Gasteiger partial charge in [-0.15, -0.1) is 0 Å². The van der Waals surface area contributed by atoms with E-state index in [1.54, 1.807) is 36.5 Å². The summed E-state index contributed by atoms with van der Waals surface area (Å²) in [6.07, 6.45) is 3.56. The van der Waals surface area contributed by atoms with Crippen LogP contribution in [0.25, 0.3) is 0 Å². The molecule has 0 saturated heterocycles. The Bertz CT molecular complexity index is 912. The second kappa shape index (κ2) is 7.55. The maximum atomic E-state index is 12.8. The lowest BCUT2D eigenvalue weighted by Gasteiger charge is -2.19. The fourth-order valence-electron chi connectivity index (χ4n) is 2.53. The molecule has 1 heterocycles. The van der Waals surface area contributed by atoms with Crippen LogP contribution in [-0.4, -0.2) is 18.4 Å². The first-order chi connectivity index (χ1) is 12.0. The highest BCUT2D eigenvalue weighted by Gasteiger charge is 2.22. The van der Waals surface area contributed by atoms with E-state index in [9.17, 15) is 8.42 Å². The van der Waals surface area contributed by atoms with Crippen molar-refractivity contribution in [3.63, 3.8) is 0 Å². The number of nitrogens with zero attached hydrogens (tertiary/aromatic N) is 2. The van der Waals surface area contributed by atoms with Crippen molar-refractivity contribution in [2.24, 2.45) is 0 Å². The third kappa shape index (κ3) is 4.49. The molecule has 0 bridgehead atoms. The molecule has 1 atom stereocenters. The summed E-state index contributed by atoms with van der Waals surface area (Å²) in [7, 11) is -3.64. The first kappa shape index (κ1) is 17.3. The van der Waals surface area contributed by atoms with E-state index in [0.717, 1.165) is 16.8 Å². The van der Waals surface area contributed by atoms with Gasteiger partial charge in [0.05, 0.1) is 10.9 Å². The van der Waals surface area contributed by atoms with Crippen LogP contribution in [0, 0.1) is 6.92 Å². The molecule has 0 aliphatic heterocycles. The monoisotopic (exact) mass is 353 g/mol. The summed E-state index contributed by atoms with van der Waals surface area (Å²) in [6.45, 7) is 1.92. The van der Waals surface area contributed by atoms with Gasteiger partial charge in [0.25, 0.3) is 0 Å². The maximum absolute atomic E-state index is 12.8. The average molecular weight is 353 g/mol. The Kier molecular flexibility index (Phi) is 5.21. The van der Waals surface area contributed by atoms with Crippen molar-refractivity contribution in [3.8, 4) is 0 Å². The molecule has 0 radical (unpaired) electrons. The van der Waals surface area contributed by atoms with Crippen LogP contribution in [0.15, 0.2) is 78.1 Å². The zero-order valence-corrected chi connectivity index (χ0v) is 14.6. The fourth-order valence-corrected chi connectivity index (χ4v) is 3.76. The first-order valence-electron chi connectivity index (χ1n) is 7.93. The van der Waals surface area contributed by atoms with Gasteiger partial charge < -0.3 is 0 Å². The Morgan fingerprint density at radius 2 is 1.72 bits per heavy atom. The smallest absolute Gasteiger partial charge is 0.241 e. The van der Waals surface area contributed by atoms with E-state index in [1.807, 2.05) is 37.3 Å². The number of aromatic nitrogens is 2. The predicted molar refractivity (Wildman–Crippen MR) is 96.4 cm³/mol. The topological polar surface area (TPSA) is 72.0 Å². The summed E-state index contributed by atoms with van der Waals surface area (Å²) in [4.78, 5) is 8.37. The van der Waals surface area contributed by atoms with Gasteiger partial charge in [0.1, 0.15) is 6.33 Å². The number of rotatable bonds is 6. The number of nitrogens with one attached hydrogen (secondary N) is 1. The van der Waals surface area contributed by atoms with Crippen LogP contribution in [0.4, 0.5) is 0 Å². The molecule has 1 N–H and O–H groups in total. The van der Waals surface area contributed by atoms with Crippen LogP contribution in [0.2, 0.25) is 0 Å². The van der Waals surface area contributed by atoms with Crippen LogP contribution in [-0.2, 0) is 16.4 Å². The summed E-state index contributed by atoms with van der Waals surface area (Å²) < 4.78 is 28.4. The lowest BCUT2D eigenvalue weighted by Crippen LogP contribution is -2.30. The standard InChI is InChI=1S/C19H19N3O2S/c1-15-7-9-18(10-8-15)25(23,24)22-19(16-5-3-2-4-6-16)13-17-11-12-20-14-21-17/h2-12,14,19,22H,13H2,1H3. The van der Waals surface area contributed by atoms with E-state index < -0.39 is 16.1 Å². The van der Waals surface area contributed by atoms with E-state index in [0.29, 0.717) is 6.42 Å². The molecule has 0 fully saturated rings. The largest absolute Gasteiger partial charge is 0.245 e. The average Bonchev–Trinajstić information content (AvgIpc) is 2.63. The minimum atomic E-state index is -3.64. The Balaban J connectivity index is 1.90. The number of sulfonamides is 1. The second-order valence-electron chi connectivity index (χ2n) is 5.80. The van der Waals surface area contributed by atoms with E-state index in [-0.39, 0.29) is 4.90 Å². The number of hydrogen-bond acceptors (Lipinski definition) is 4. The van der Waals surface area contributed by atoms with Crippen LogP contribution in [0.1, 0.15) is 22.9 Å². The Morgan fingerprint density at radius 1 is 1.00 bits per heavy atom. The highest BCUT2D eigenvalue weighted by molar-refractivity contribution is 7.89. The molecule has 2 aromatic carbocycles. The van der Waals surface area contributed by atoms with Crippen molar-refractivity contribution in [1.29, 1.82) is 0 Å². The normalized spacial score (nSPS) is 12.7. The van der Waals surface area contributed by atoms with Gasteiger partial charge in [0, 0.05) is 18.3 Å². The summed E-state index contributed by atoms with van der Waals surface area (Å²) in [5.41, 5.74) is 2.67. The molecule has 6 heteroatoms. The molecular formula is C19H19N3O2S. The van der Waals surface area contributed by atoms with Crippen LogP contribution in [0.5, 0.6) is 0 Å².